The summed E-state index contributed by atoms with van der Waals surface area (Å²) in [6, 6.07) is 15.2. The predicted octanol–water partition coefficient (Wildman–Crippen LogP) is 4.97. The van der Waals surface area contributed by atoms with Gasteiger partial charge in [-0.1, -0.05) is 30.3 Å². The third-order valence-corrected chi connectivity index (χ3v) is 4.53. The van der Waals surface area contributed by atoms with Gasteiger partial charge in [0.25, 0.3) is 0 Å². The van der Waals surface area contributed by atoms with Crippen LogP contribution in [0.1, 0.15) is 31.4 Å². The fourth-order valence-corrected chi connectivity index (χ4v) is 3.26. The second-order valence-corrected chi connectivity index (χ2v) is 6.70. The summed E-state index contributed by atoms with van der Waals surface area (Å²) in [5.41, 5.74) is 2.56. The van der Waals surface area contributed by atoms with Gasteiger partial charge in [-0.05, 0) is 65.9 Å². The lowest BCUT2D eigenvalue weighted by atomic mass is 10.1. The largest absolute Gasteiger partial charge is 0.492 e. The van der Waals surface area contributed by atoms with E-state index in [0.717, 1.165) is 35.4 Å². The van der Waals surface area contributed by atoms with E-state index in [-0.39, 0.29) is 0 Å². The Morgan fingerprint density at radius 2 is 1.88 bits per heavy atom. The van der Waals surface area contributed by atoms with E-state index in [2.05, 4.69) is 64.6 Å². The molecule has 1 N–H and O–H groups in total. The van der Waals surface area contributed by atoms with Crippen LogP contribution in [-0.2, 0) is 13.0 Å². The van der Waals surface area contributed by atoms with Gasteiger partial charge in [0, 0.05) is 12.6 Å². The zero-order valence-electron chi connectivity index (χ0n) is 14.6. The topological polar surface area (TPSA) is 30.5 Å². The molecule has 1 atom stereocenters. The van der Waals surface area contributed by atoms with Crippen LogP contribution in [0.25, 0.3) is 0 Å². The van der Waals surface area contributed by atoms with E-state index >= 15 is 0 Å². The van der Waals surface area contributed by atoms with Gasteiger partial charge in [0.1, 0.15) is 0 Å². The standard InChI is InChI=1S/C20H26BrNO2/c1-4-24-19-13-17(12-18(21)20(19)23-3)14-22-15(2)10-11-16-8-6-5-7-9-16/h5-9,12-13,15,22H,4,10-11,14H2,1-3H3/t15-/m0/s1. The number of aryl methyl sites for hydroxylation is 1. The number of benzene rings is 2. The molecule has 0 bridgehead atoms. The minimum absolute atomic E-state index is 0.446. The molecule has 0 aliphatic heterocycles. The molecule has 0 radical (unpaired) electrons. The second-order valence-electron chi connectivity index (χ2n) is 5.85. The molecule has 0 saturated heterocycles. The minimum Gasteiger partial charge on any atom is -0.492 e. The van der Waals surface area contributed by atoms with Crippen molar-refractivity contribution in [3.8, 4) is 11.5 Å². The summed E-state index contributed by atoms with van der Waals surface area (Å²) in [5.74, 6) is 1.53. The Hall–Kier alpha value is -1.52. The molecule has 2 aromatic carbocycles. The summed E-state index contributed by atoms with van der Waals surface area (Å²) in [6.45, 7) is 5.63. The summed E-state index contributed by atoms with van der Waals surface area (Å²) in [5, 5.41) is 3.59. The smallest absolute Gasteiger partial charge is 0.174 e. The van der Waals surface area contributed by atoms with Crippen LogP contribution < -0.4 is 14.8 Å². The van der Waals surface area contributed by atoms with Crippen molar-refractivity contribution >= 4 is 15.9 Å². The van der Waals surface area contributed by atoms with E-state index in [1.54, 1.807) is 7.11 Å². The van der Waals surface area contributed by atoms with Crippen LogP contribution >= 0.6 is 15.9 Å². The van der Waals surface area contributed by atoms with Crippen LogP contribution in [0.2, 0.25) is 0 Å². The zero-order valence-corrected chi connectivity index (χ0v) is 16.2. The van der Waals surface area contributed by atoms with Crippen LogP contribution in [0.5, 0.6) is 11.5 Å². The van der Waals surface area contributed by atoms with E-state index in [9.17, 15) is 0 Å². The first-order chi connectivity index (χ1) is 11.6. The normalized spacial score (nSPS) is 12.0. The number of hydrogen-bond acceptors (Lipinski definition) is 3. The van der Waals surface area contributed by atoms with Crippen molar-refractivity contribution in [3.05, 3.63) is 58.1 Å². The van der Waals surface area contributed by atoms with E-state index < -0.39 is 0 Å². The number of methoxy groups -OCH3 is 1. The van der Waals surface area contributed by atoms with Crippen molar-refractivity contribution in [2.75, 3.05) is 13.7 Å². The molecule has 0 aromatic heterocycles. The number of ether oxygens (including phenoxy) is 2. The Balaban J connectivity index is 1.91. The van der Waals surface area contributed by atoms with E-state index in [0.29, 0.717) is 12.6 Å². The van der Waals surface area contributed by atoms with Gasteiger partial charge >= 0.3 is 0 Å². The third-order valence-electron chi connectivity index (χ3n) is 3.94. The first kappa shape index (κ1) is 18.8. The first-order valence-electron chi connectivity index (χ1n) is 8.40. The van der Waals surface area contributed by atoms with E-state index in [1.807, 2.05) is 13.0 Å². The summed E-state index contributed by atoms with van der Waals surface area (Å²) in [6.07, 6.45) is 2.20. The van der Waals surface area contributed by atoms with Crippen molar-refractivity contribution in [2.24, 2.45) is 0 Å². The third kappa shape index (κ3) is 5.53. The average Bonchev–Trinajstić information content (AvgIpc) is 2.59. The van der Waals surface area contributed by atoms with Crippen LogP contribution in [0.3, 0.4) is 0 Å². The summed E-state index contributed by atoms with van der Waals surface area (Å²) < 4.78 is 12.0. The molecule has 130 valence electrons. The lowest BCUT2D eigenvalue weighted by Crippen LogP contribution is -2.26. The van der Waals surface area contributed by atoms with E-state index in [1.165, 1.54) is 11.1 Å². The number of halogens is 1. The quantitative estimate of drug-likeness (QED) is 0.654. The molecular weight excluding hydrogens is 366 g/mol. The number of nitrogens with one attached hydrogen (secondary N) is 1. The molecular formula is C20H26BrNO2. The molecule has 0 fully saturated rings. The molecule has 0 heterocycles. The Bertz CT molecular complexity index is 631. The molecule has 0 aliphatic rings. The van der Waals surface area contributed by atoms with Gasteiger partial charge in [0.15, 0.2) is 11.5 Å². The van der Waals surface area contributed by atoms with Crippen molar-refractivity contribution in [2.45, 2.75) is 39.3 Å². The molecule has 4 heteroatoms. The van der Waals surface area contributed by atoms with Gasteiger partial charge < -0.3 is 14.8 Å². The maximum Gasteiger partial charge on any atom is 0.174 e. The molecule has 3 nitrogen and oxygen atoms in total. The number of hydrogen-bond donors (Lipinski definition) is 1. The Morgan fingerprint density at radius 1 is 1.12 bits per heavy atom. The molecule has 2 aromatic rings. The van der Waals surface area contributed by atoms with Crippen molar-refractivity contribution in [3.63, 3.8) is 0 Å². The maximum atomic E-state index is 5.68. The van der Waals surface area contributed by atoms with Gasteiger partial charge in [0.2, 0.25) is 0 Å². The SMILES string of the molecule is CCOc1cc(CN[C@@H](C)CCc2ccccc2)cc(Br)c1OC. The Kier molecular flexibility index (Phi) is 7.60. The van der Waals surface area contributed by atoms with Gasteiger partial charge in [-0.15, -0.1) is 0 Å². The van der Waals surface area contributed by atoms with Crippen LogP contribution in [0, 0.1) is 0 Å². The van der Waals surface area contributed by atoms with Crippen LogP contribution in [0.15, 0.2) is 46.9 Å². The molecule has 0 aliphatic carbocycles. The fourth-order valence-electron chi connectivity index (χ4n) is 2.61. The monoisotopic (exact) mass is 391 g/mol. The molecule has 0 amide bonds. The Morgan fingerprint density at radius 3 is 2.54 bits per heavy atom. The summed E-state index contributed by atoms with van der Waals surface area (Å²) in [7, 11) is 1.66. The Labute approximate surface area is 153 Å². The summed E-state index contributed by atoms with van der Waals surface area (Å²) >= 11 is 3.56. The molecule has 0 spiro atoms. The van der Waals surface area contributed by atoms with Crippen LogP contribution in [0.4, 0.5) is 0 Å². The molecule has 2 rings (SSSR count). The highest BCUT2D eigenvalue weighted by atomic mass is 79.9. The van der Waals surface area contributed by atoms with Gasteiger partial charge in [-0.25, -0.2) is 0 Å². The second kappa shape index (κ2) is 9.70. The van der Waals surface area contributed by atoms with Crippen molar-refractivity contribution < 1.29 is 9.47 Å². The van der Waals surface area contributed by atoms with Crippen LogP contribution in [-0.4, -0.2) is 19.8 Å². The average molecular weight is 392 g/mol. The highest BCUT2D eigenvalue weighted by Gasteiger charge is 2.11. The zero-order chi connectivity index (χ0) is 17.4. The van der Waals surface area contributed by atoms with Crippen molar-refractivity contribution in [1.29, 1.82) is 0 Å². The van der Waals surface area contributed by atoms with Gasteiger partial charge in [0.05, 0.1) is 18.2 Å². The van der Waals surface area contributed by atoms with Gasteiger partial charge in [-0.2, -0.15) is 0 Å². The lowest BCUT2D eigenvalue weighted by molar-refractivity contribution is 0.309. The lowest BCUT2D eigenvalue weighted by Gasteiger charge is -2.16. The highest BCUT2D eigenvalue weighted by Crippen LogP contribution is 2.36. The molecule has 24 heavy (non-hydrogen) atoms. The van der Waals surface area contributed by atoms with Gasteiger partial charge in [-0.3, -0.25) is 0 Å². The highest BCUT2D eigenvalue weighted by molar-refractivity contribution is 9.10. The molecule has 0 saturated carbocycles. The number of rotatable bonds is 9. The fraction of sp³-hybridized carbons (Fsp3) is 0.400. The summed E-state index contributed by atoms with van der Waals surface area (Å²) in [4.78, 5) is 0. The first-order valence-corrected chi connectivity index (χ1v) is 9.19. The minimum atomic E-state index is 0.446. The van der Waals surface area contributed by atoms with Crippen molar-refractivity contribution in [1.82, 2.24) is 5.32 Å². The maximum absolute atomic E-state index is 5.68. The molecule has 0 unspecified atom stereocenters. The predicted molar refractivity (Wildman–Crippen MR) is 103 cm³/mol. The van der Waals surface area contributed by atoms with E-state index in [4.69, 9.17) is 9.47 Å².